The van der Waals surface area contributed by atoms with Crippen molar-refractivity contribution in [3.05, 3.63) is 40.5 Å². The van der Waals surface area contributed by atoms with Gasteiger partial charge in [-0.25, -0.2) is 0 Å². The molecule has 1 aromatic carbocycles. The number of hydrogen-bond acceptors (Lipinski definition) is 5. The Bertz CT molecular complexity index is 464. The summed E-state index contributed by atoms with van der Waals surface area (Å²) >= 11 is 3.37. The van der Waals surface area contributed by atoms with Crippen LogP contribution in [-0.2, 0) is 16.2 Å². The SMILES string of the molecule is Brc1ccc(COc2cn[nH]n2)cc1.O=C=O. The maximum atomic E-state index is 8.12. The molecule has 0 radical (unpaired) electrons. The fourth-order valence-electron chi connectivity index (χ4n) is 0.999. The molecule has 0 aliphatic heterocycles. The van der Waals surface area contributed by atoms with E-state index in [-0.39, 0.29) is 6.15 Å². The van der Waals surface area contributed by atoms with E-state index < -0.39 is 0 Å². The third-order valence-corrected chi connectivity index (χ3v) is 2.22. The summed E-state index contributed by atoms with van der Waals surface area (Å²) in [6, 6.07) is 7.93. The van der Waals surface area contributed by atoms with E-state index in [1.165, 1.54) is 0 Å². The predicted molar refractivity (Wildman–Crippen MR) is 59.9 cm³/mol. The second-order valence-electron chi connectivity index (χ2n) is 2.81. The molecule has 1 heterocycles. The van der Waals surface area contributed by atoms with Gasteiger partial charge in [0.25, 0.3) is 5.88 Å². The minimum absolute atomic E-state index is 0.250. The number of hydrogen-bond donors (Lipinski definition) is 1. The summed E-state index contributed by atoms with van der Waals surface area (Å²) in [7, 11) is 0. The smallest absolute Gasteiger partial charge is 0.373 e. The lowest BCUT2D eigenvalue weighted by atomic mass is 10.2. The minimum Gasteiger partial charge on any atom is -0.471 e. The number of nitrogens with zero attached hydrogens (tertiary/aromatic N) is 2. The number of halogens is 1. The van der Waals surface area contributed by atoms with Gasteiger partial charge >= 0.3 is 6.15 Å². The Hall–Kier alpha value is -1.98. The Kier molecular flexibility index (Phi) is 5.63. The highest BCUT2D eigenvalue weighted by molar-refractivity contribution is 9.10. The van der Waals surface area contributed by atoms with Crippen LogP contribution in [0.5, 0.6) is 5.88 Å². The van der Waals surface area contributed by atoms with Gasteiger partial charge in [0, 0.05) is 4.47 Å². The molecule has 1 N–H and O–H groups in total. The van der Waals surface area contributed by atoms with Crippen LogP contribution in [0.15, 0.2) is 34.9 Å². The van der Waals surface area contributed by atoms with E-state index in [4.69, 9.17) is 14.3 Å². The Morgan fingerprint density at radius 3 is 2.47 bits per heavy atom. The number of ether oxygens (including phenoxy) is 1. The quantitative estimate of drug-likeness (QED) is 0.929. The maximum absolute atomic E-state index is 8.12. The summed E-state index contributed by atoms with van der Waals surface area (Å²) < 4.78 is 6.41. The first-order chi connectivity index (χ1) is 8.26. The average molecular weight is 298 g/mol. The molecule has 1 aromatic heterocycles. The molecule has 0 saturated carbocycles. The highest BCUT2D eigenvalue weighted by Gasteiger charge is 1.97. The van der Waals surface area contributed by atoms with Crippen LogP contribution in [-0.4, -0.2) is 21.6 Å². The van der Waals surface area contributed by atoms with Crippen LogP contribution >= 0.6 is 15.9 Å². The minimum atomic E-state index is 0.250. The lowest BCUT2D eigenvalue weighted by Crippen LogP contribution is -1.95. The standard InChI is InChI=1S/C9H8BrN3O.CO2/c10-8-3-1-7(2-4-8)6-14-9-5-11-13-12-9;2-1-3/h1-5H,6H2,(H,11,12,13);. The lowest BCUT2D eigenvalue weighted by molar-refractivity contribution is -0.191. The van der Waals surface area contributed by atoms with E-state index in [0.717, 1.165) is 10.0 Å². The third-order valence-electron chi connectivity index (χ3n) is 1.69. The van der Waals surface area contributed by atoms with Crippen LogP contribution in [0, 0.1) is 0 Å². The third kappa shape index (κ3) is 5.05. The Labute approximate surface area is 105 Å². The monoisotopic (exact) mass is 297 g/mol. The van der Waals surface area contributed by atoms with Crippen LogP contribution in [0.2, 0.25) is 0 Å². The number of nitrogens with one attached hydrogen (secondary N) is 1. The van der Waals surface area contributed by atoms with Crippen LogP contribution in [0.4, 0.5) is 0 Å². The van der Waals surface area contributed by atoms with Gasteiger partial charge in [0.05, 0.1) is 0 Å². The molecule has 0 aliphatic rings. The molecule has 0 aliphatic carbocycles. The topological polar surface area (TPSA) is 84.9 Å². The van der Waals surface area contributed by atoms with Crippen LogP contribution in [0.25, 0.3) is 0 Å². The highest BCUT2D eigenvalue weighted by Crippen LogP contribution is 2.12. The van der Waals surface area contributed by atoms with Crippen molar-refractivity contribution in [2.45, 2.75) is 6.61 Å². The summed E-state index contributed by atoms with van der Waals surface area (Å²) in [5.74, 6) is 0.507. The van der Waals surface area contributed by atoms with E-state index in [1.807, 2.05) is 24.3 Å². The average Bonchev–Trinajstić information content (AvgIpc) is 2.82. The van der Waals surface area contributed by atoms with Gasteiger partial charge in [0.15, 0.2) is 0 Å². The number of aromatic nitrogens is 3. The maximum Gasteiger partial charge on any atom is 0.373 e. The van der Waals surface area contributed by atoms with Crippen molar-refractivity contribution in [2.75, 3.05) is 0 Å². The molecule has 6 nitrogen and oxygen atoms in total. The second-order valence-corrected chi connectivity index (χ2v) is 3.72. The van der Waals surface area contributed by atoms with Crippen molar-refractivity contribution in [3.63, 3.8) is 0 Å². The van der Waals surface area contributed by atoms with Crippen molar-refractivity contribution >= 4 is 22.1 Å². The van der Waals surface area contributed by atoms with Crippen molar-refractivity contribution in [1.29, 1.82) is 0 Å². The summed E-state index contributed by atoms with van der Waals surface area (Å²) in [4.78, 5) is 16.2. The Balaban J connectivity index is 0.000000437. The summed E-state index contributed by atoms with van der Waals surface area (Å²) in [6.45, 7) is 0.500. The fraction of sp³-hybridized carbons (Fsp3) is 0.100. The van der Waals surface area contributed by atoms with Crippen LogP contribution in [0.1, 0.15) is 5.56 Å². The molecule has 0 amide bonds. The first kappa shape index (κ1) is 13.1. The molecule has 0 saturated heterocycles. The number of benzene rings is 1. The summed E-state index contributed by atoms with van der Waals surface area (Å²) in [5.41, 5.74) is 1.09. The predicted octanol–water partition coefficient (Wildman–Crippen LogP) is 1.56. The Morgan fingerprint density at radius 1 is 1.29 bits per heavy atom. The molecular formula is C10H8BrN3O3. The normalized spacial score (nSPS) is 8.76. The van der Waals surface area contributed by atoms with E-state index >= 15 is 0 Å². The van der Waals surface area contributed by atoms with Gasteiger partial charge in [0.1, 0.15) is 12.8 Å². The molecular weight excluding hydrogens is 290 g/mol. The van der Waals surface area contributed by atoms with Crippen LogP contribution in [0.3, 0.4) is 0 Å². The number of aromatic amines is 1. The zero-order chi connectivity index (χ0) is 12.5. The first-order valence-corrected chi connectivity index (χ1v) is 5.28. The molecule has 7 heteroatoms. The Morgan fingerprint density at radius 2 is 1.94 bits per heavy atom. The molecule has 2 rings (SSSR count). The van der Waals surface area contributed by atoms with Gasteiger partial charge in [-0.15, -0.1) is 5.10 Å². The van der Waals surface area contributed by atoms with Crippen molar-refractivity contribution < 1.29 is 14.3 Å². The zero-order valence-corrected chi connectivity index (χ0v) is 10.2. The van der Waals surface area contributed by atoms with Gasteiger partial charge in [-0.2, -0.15) is 19.9 Å². The van der Waals surface area contributed by atoms with Crippen molar-refractivity contribution in [1.82, 2.24) is 15.4 Å². The molecule has 0 atom stereocenters. The number of H-pyrrole nitrogens is 1. The molecule has 0 bridgehead atoms. The van der Waals surface area contributed by atoms with E-state index in [1.54, 1.807) is 6.20 Å². The van der Waals surface area contributed by atoms with E-state index in [2.05, 4.69) is 31.3 Å². The molecule has 0 unspecified atom stereocenters. The number of carbonyl (C=O) groups excluding carboxylic acids is 2. The summed E-state index contributed by atoms with van der Waals surface area (Å²) in [6.07, 6.45) is 1.79. The van der Waals surface area contributed by atoms with Gasteiger partial charge in [0.2, 0.25) is 0 Å². The molecule has 0 fully saturated rings. The largest absolute Gasteiger partial charge is 0.471 e. The van der Waals surface area contributed by atoms with E-state index in [0.29, 0.717) is 12.5 Å². The zero-order valence-electron chi connectivity index (χ0n) is 8.59. The lowest BCUT2D eigenvalue weighted by Gasteiger charge is -2.01. The first-order valence-electron chi connectivity index (χ1n) is 4.48. The number of rotatable bonds is 3. The van der Waals surface area contributed by atoms with Crippen molar-refractivity contribution in [2.24, 2.45) is 0 Å². The fourth-order valence-corrected chi connectivity index (χ4v) is 1.26. The summed E-state index contributed by atoms with van der Waals surface area (Å²) in [5, 5.41) is 9.90. The van der Waals surface area contributed by atoms with Crippen LogP contribution < -0.4 is 4.74 Å². The van der Waals surface area contributed by atoms with Gasteiger partial charge in [-0.3, -0.25) is 0 Å². The van der Waals surface area contributed by atoms with Gasteiger partial charge in [-0.1, -0.05) is 28.1 Å². The van der Waals surface area contributed by atoms with Crippen molar-refractivity contribution in [3.8, 4) is 5.88 Å². The molecule has 17 heavy (non-hydrogen) atoms. The van der Waals surface area contributed by atoms with Gasteiger partial charge < -0.3 is 4.74 Å². The molecule has 0 spiro atoms. The molecule has 88 valence electrons. The van der Waals surface area contributed by atoms with E-state index in [9.17, 15) is 0 Å². The highest BCUT2D eigenvalue weighted by atomic mass is 79.9. The van der Waals surface area contributed by atoms with Gasteiger partial charge in [-0.05, 0) is 17.7 Å². The second kappa shape index (κ2) is 7.32. The molecule has 2 aromatic rings.